The van der Waals surface area contributed by atoms with E-state index in [1.54, 1.807) is 0 Å². The fourth-order valence-corrected chi connectivity index (χ4v) is 3.07. The molecule has 1 aliphatic heterocycles. The molecule has 1 unspecified atom stereocenters. The first-order chi connectivity index (χ1) is 8.49. The Morgan fingerprint density at radius 2 is 2.22 bits per heavy atom. The van der Waals surface area contributed by atoms with Crippen molar-refractivity contribution in [3.8, 4) is 0 Å². The number of hydrogen-bond donors (Lipinski definition) is 1. The van der Waals surface area contributed by atoms with E-state index in [1.165, 1.54) is 12.1 Å². The molecule has 18 heavy (non-hydrogen) atoms. The number of hydrogen-bond acceptors (Lipinski definition) is 3. The molecule has 5 heteroatoms. The summed E-state index contributed by atoms with van der Waals surface area (Å²) in [5, 5.41) is 4.55. The molecule has 102 valence electrons. The summed E-state index contributed by atoms with van der Waals surface area (Å²) in [7, 11) is 0. The predicted octanol–water partition coefficient (Wildman–Crippen LogP) is 2.14. The van der Waals surface area contributed by atoms with Crippen LogP contribution < -0.4 is 5.73 Å². The summed E-state index contributed by atoms with van der Waals surface area (Å²) in [5.41, 5.74) is 8.52. The normalized spacial score (nSPS) is 24.9. The summed E-state index contributed by atoms with van der Waals surface area (Å²) in [5.74, 6) is 0. The second kappa shape index (κ2) is 5.31. The minimum atomic E-state index is 0.290. The highest BCUT2D eigenvalue weighted by atomic mass is 79.9. The molecular formula is C13H23BrN4. The Hall–Kier alpha value is -0.390. The number of rotatable bonds is 4. The third-order valence-electron chi connectivity index (χ3n) is 3.96. The van der Waals surface area contributed by atoms with E-state index < -0.39 is 0 Å². The third-order valence-corrected chi connectivity index (χ3v) is 4.99. The second-order valence-corrected chi connectivity index (χ2v) is 6.43. The third kappa shape index (κ3) is 2.63. The molecule has 4 nitrogen and oxygen atoms in total. The van der Waals surface area contributed by atoms with Crippen molar-refractivity contribution in [1.29, 1.82) is 0 Å². The molecule has 0 aliphatic carbocycles. The molecule has 0 amide bonds. The maximum absolute atomic E-state index is 5.86. The van der Waals surface area contributed by atoms with Gasteiger partial charge in [0.05, 0.1) is 15.9 Å². The van der Waals surface area contributed by atoms with Crippen molar-refractivity contribution in [1.82, 2.24) is 14.7 Å². The molecule has 1 aromatic rings. The lowest BCUT2D eigenvalue weighted by atomic mass is 9.90. The molecule has 2 N–H and O–H groups in total. The molecule has 1 saturated heterocycles. The molecule has 2 rings (SSSR count). The number of aryl methyl sites for hydroxylation is 2. The van der Waals surface area contributed by atoms with E-state index in [4.69, 9.17) is 5.73 Å². The Kier molecular flexibility index (Phi) is 4.14. The maximum Gasteiger partial charge on any atom is 0.0739 e. The summed E-state index contributed by atoms with van der Waals surface area (Å²) in [4.78, 5) is 2.49. The number of nitrogens with zero attached hydrogens (tertiary/aromatic N) is 3. The summed E-state index contributed by atoms with van der Waals surface area (Å²) in [6, 6.07) is 0. The van der Waals surface area contributed by atoms with E-state index in [1.807, 2.05) is 6.92 Å². The molecule has 1 atom stereocenters. The monoisotopic (exact) mass is 314 g/mol. The zero-order valence-corrected chi connectivity index (χ0v) is 13.1. The van der Waals surface area contributed by atoms with Gasteiger partial charge in [-0.1, -0.05) is 6.92 Å². The second-order valence-electron chi connectivity index (χ2n) is 5.64. The van der Waals surface area contributed by atoms with Gasteiger partial charge in [0.25, 0.3) is 0 Å². The van der Waals surface area contributed by atoms with Crippen LogP contribution in [0.1, 0.15) is 31.7 Å². The van der Waals surface area contributed by atoms with E-state index in [0.717, 1.165) is 42.9 Å². The highest BCUT2D eigenvalue weighted by molar-refractivity contribution is 9.10. The number of nitrogens with two attached hydrogens (primary N) is 1. The number of halogens is 1. The van der Waals surface area contributed by atoms with E-state index in [0.29, 0.717) is 5.41 Å². The highest BCUT2D eigenvalue weighted by Gasteiger charge is 2.33. The average molecular weight is 315 g/mol. The largest absolute Gasteiger partial charge is 0.330 e. The van der Waals surface area contributed by atoms with Crippen molar-refractivity contribution in [2.75, 3.05) is 19.6 Å². The maximum atomic E-state index is 5.86. The molecule has 0 bridgehead atoms. The summed E-state index contributed by atoms with van der Waals surface area (Å²) in [6.45, 7) is 11.3. The van der Waals surface area contributed by atoms with E-state index in [-0.39, 0.29) is 0 Å². The summed E-state index contributed by atoms with van der Waals surface area (Å²) in [6.07, 6.45) is 1.19. The van der Waals surface area contributed by atoms with Crippen LogP contribution in [0.4, 0.5) is 0 Å². The van der Waals surface area contributed by atoms with Gasteiger partial charge in [0.2, 0.25) is 0 Å². The molecule has 0 radical (unpaired) electrons. The predicted molar refractivity (Wildman–Crippen MR) is 77.4 cm³/mol. The standard InChI is InChI=1S/C13H23BrN4/c1-4-18-11(12(14)10(2)16-18)7-17-6-5-13(3,8-15)9-17/h4-9,15H2,1-3H3. The molecule has 1 aromatic heterocycles. The average Bonchev–Trinajstić information content (AvgIpc) is 2.86. The van der Waals surface area contributed by atoms with Crippen LogP contribution in [-0.2, 0) is 13.1 Å². The molecule has 0 saturated carbocycles. The topological polar surface area (TPSA) is 47.1 Å². The van der Waals surface area contributed by atoms with Crippen molar-refractivity contribution >= 4 is 15.9 Å². The lowest BCUT2D eigenvalue weighted by Gasteiger charge is -2.22. The van der Waals surface area contributed by atoms with Crippen LogP contribution in [0.15, 0.2) is 4.47 Å². The van der Waals surface area contributed by atoms with Gasteiger partial charge < -0.3 is 5.73 Å². The Bertz CT molecular complexity index is 429. The van der Waals surface area contributed by atoms with E-state index in [2.05, 4.69) is 44.5 Å². The Labute approximate surface area is 118 Å². The Morgan fingerprint density at radius 3 is 2.78 bits per heavy atom. The van der Waals surface area contributed by atoms with Crippen LogP contribution in [0, 0.1) is 12.3 Å². The van der Waals surface area contributed by atoms with Crippen LogP contribution in [-0.4, -0.2) is 34.3 Å². The van der Waals surface area contributed by atoms with Crippen LogP contribution >= 0.6 is 15.9 Å². The van der Waals surface area contributed by atoms with Crippen molar-refractivity contribution in [2.45, 2.75) is 40.3 Å². The van der Waals surface area contributed by atoms with Crippen LogP contribution in [0.25, 0.3) is 0 Å². The van der Waals surface area contributed by atoms with E-state index >= 15 is 0 Å². The number of aromatic nitrogens is 2. The van der Waals surface area contributed by atoms with Crippen LogP contribution in [0.5, 0.6) is 0 Å². The first-order valence-corrected chi connectivity index (χ1v) is 7.42. The zero-order chi connectivity index (χ0) is 13.3. The minimum absolute atomic E-state index is 0.290. The summed E-state index contributed by atoms with van der Waals surface area (Å²) < 4.78 is 3.25. The quantitative estimate of drug-likeness (QED) is 0.926. The van der Waals surface area contributed by atoms with Gasteiger partial charge in [-0.15, -0.1) is 0 Å². The van der Waals surface area contributed by atoms with Crippen molar-refractivity contribution in [3.05, 3.63) is 15.9 Å². The van der Waals surface area contributed by atoms with Gasteiger partial charge in [-0.2, -0.15) is 5.10 Å². The number of likely N-dealkylation sites (tertiary alicyclic amines) is 1. The molecular weight excluding hydrogens is 292 g/mol. The van der Waals surface area contributed by atoms with Crippen LogP contribution in [0.2, 0.25) is 0 Å². The van der Waals surface area contributed by atoms with Crippen LogP contribution in [0.3, 0.4) is 0 Å². The lowest BCUT2D eigenvalue weighted by molar-refractivity contribution is 0.267. The van der Waals surface area contributed by atoms with Crippen molar-refractivity contribution < 1.29 is 0 Å². The lowest BCUT2D eigenvalue weighted by Crippen LogP contribution is -2.31. The molecule has 1 fully saturated rings. The minimum Gasteiger partial charge on any atom is -0.330 e. The summed E-state index contributed by atoms with van der Waals surface area (Å²) >= 11 is 3.66. The van der Waals surface area contributed by atoms with E-state index in [9.17, 15) is 0 Å². The van der Waals surface area contributed by atoms with Crippen molar-refractivity contribution in [3.63, 3.8) is 0 Å². The SMILES string of the molecule is CCn1nc(C)c(Br)c1CN1CCC(C)(CN)C1. The fraction of sp³-hybridized carbons (Fsp3) is 0.769. The molecule has 0 aromatic carbocycles. The van der Waals surface area contributed by atoms with Gasteiger partial charge in [0, 0.05) is 19.6 Å². The molecule has 1 aliphatic rings. The molecule has 2 heterocycles. The highest BCUT2D eigenvalue weighted by Crippen LogP contribution is 2.31. The Balaban J connectivity index is 2.11. The first-order valence-electron chi connectivity index (χ1n) is 6.63. The van der Waals surface area contributed by atoms with Gasteiger partial charge in [-0.25, -0.2) is 0 Å². The smallest absolute Gasteiger partial charge is 0.0739 e. The van der Waals surface area contributed by atoms with Gasteiger partial charge in [0.1, 0.15) is 0 Å². The fourth-order valence-electron chi connectivity index (χ4n) is 2.66. The zero-order valence-electron chi connectivity index (χ0n) is 11.5. The Morgan fingerprint density at radius 1 is 1.50 bits per heavy atom. The molecule has 0 spiro atoms. The van der Waals surface area contributed by atoms with Gasteiger partial charge in [-0.3, -0.25) is 9.58 Å². The van der Waals surface area contributed by atoms with Gasteiger partial charge in [0.15, 0.2) is 0 Å². The van der Waals surface area contributed by atoms with Gasteiger partial charge >= 0.3 is 0 Å². The first kappa shape index (κ1) is 14.0. The van der Waals surface area contributed by atoms with Gasteiger partial charge in [-0.05, 0) is 54.7 Å². The van der Waals surface area contributed by atoms with Crippen molar-refractivity contribution in [2.24, 2.45) is 11.1 Å².